The van der Waals surface area contributed by atoms with Crippen LogP contribution in [0, 0.1) is 0 Å². The number of carbonyl (C=O) groups excluding carboxylic acids is 1. The molecule has 8 nitrogen and oxygen atoms in total. The topological polar surface area (TPSA) is 125 Å². The van der Waals surface area contributed by atoms with Gasteiger partial charge in [-0.25, -0.2) is 8.42 Å². The van der Waals surface area contributed by atoms with Crippen LogP contribution < -0.4 is 15.8 Å². The van der Waals surface area contributed by atoms with Crippen LogP contribution in [0.15, 0.2) is 84.9 Å². The fourth-order valence-electron chi connectivity index (χ4n) is 4.10. The zero-order valence-corrected chi connectivity index (χ0v) is 26.1. The number of hydrogen-bond donors (Lipinski definition) is 4. The minimum absolute atomic E-state index is 0.0256. The van der Waals surface area contributed by atoms with E-state index in [4.69, 9.17) is 5.73 Å². The Balaban J connectivity index is 0.000000316. The number of Topliss-reactive ketones (excluding diaryl/α,β-unsaturated/α-hetero) is 1. The molecule has 41 heavy (non-hydrogen) atoms. The molecule has 0 heterocycles. The molecule has 0 aromatic heterocycles. The van der Waals surface area contributed by atoms with Gasteiger partial charge in [0, 0.05) is 23.8 Å². The molecular formula is C32H48N4O4S. The van der Waals surface area contributed by atoms with Crippen LogP contribution in [0.3, 0.4) is 0 Å². The van der Waals surface area contributed by atoms with Crippen molar-refractivity contribution in [1.29, 1.82) is 0 Å². The van der Waals surface area contributed by atoms with Gasteiger partial charge < -0.3 is 16.2 Å². The average Bonchev–Trinajstić information content (AvgIpc) is 2.94. The van der Waals surface area contributed by atoms with Gasteiger partial charge >= 0.3 is 0 Å². The van der Waals surface area contributed by atoms with E-state index in [1.807, 2.05) is 62.4 Å². The van der Waals surface area contributed by atoms with Crippen molar-refractivity contribution in [3.05, 3.63) is 102 Å². The minimum atomic E-state index is -3.28. The second-order valence-electron chi connectivity index (χ2n) is 9.87. The normalized spacial score (nSPS) is 13.1. The lowest BCUT2D eigenvalue weighted by atomic mass is 10.0. The number of nitrogens with one attached hydrogen (secondary N) is 2. The minimum Gasteiger partial charge on any atom is -0.387 e. The van der Waals surface area contributed by atoms with Crippen molar-refractivity contribution >= 4 is 21.5 Å². The maximum atomic E-state index is 12.1. The fourth-order valence-corrected chi connectivity index (χ4v) is 4.66. The molecule has 0 aliphatic heterocycles. The highest BCUT2D eigenvalue weighted by molar-refractivity contribution is 7.92. The lowest BCUT2D eigenvalue weighted by molar-refractivity contribution is 0.0851. The van der Waals surface area contributed by atoms with Crippen LogP contribution in [-0.4, -0.2) is 69.2 Å². The maximum absolute atomic E-state index is 12.1. The van der Waals surface area contributed by atoms with Crippen LogP contribution >= 0.6 is 0 Å². The van der Waals surface area contributed by atoms with Gasteiger partial charge in [-0.1, -0.05) is 86.6 Å². The van der Waals surface area contributed by atoms with E-state index in [1.54, 1.807) is 31.3 Å². The Morgan fingerprint density at radius 2 is 1.49 bits per heavy atom. The van der Waals surface area contributed by atoms with E-state index in [2.05, 4.69) is 40.9 Å². The number of anilines is 1. The fraction of sp³-hybridized carbons (Fsp3) is 0.406. The first-order valence-corrected chi connectivity index (χ1v) is 15.8. The van der Waals surface area contributed by atoms with E-state index < -0.39 is 16.1 Å². The first-order valence-electron chi connectivity index (χ1n) is 13.9. The molecule has 9 heteroatoms. The quantitative estimate of drug-likeness (QED) is 0.231. The Kier molecular flexibility index (Phi) is 16.8. The van der Waals surface area contributed by atoms with Gasteiger partial charge in [-0.3, -0.25) is 14.4 Å². The van der Waals surface area contributed by atoms with Gasteiger partial charge in [-0.05, 0) is 63.7 Å². The molecule has 0 bridgehead atoms. The number of sulfonamides is 1. The highest BCUT2D eigenvalue weighted by Gasteiger charge is 2.19. The Morgan fingerprint density at radius 3 is 1.98 bits per heavy atom. The number of rotatable bonds is 12. The summed E-state index contributed by atoms with van der Waals surface area (Å²) in [5.74, 6) is 0.208. The molecule has 0 saturated heterocycles. The number of benzene rings is 3. The van der Waals surface area contributed by atoms with Gasteiger partial charge in [0.1, 0.15) is 0 Å². The van der Waals surface area contributed by atoms with Crippen molar-refractivity contribution in [3.63, 3.8) is 0 Å². The molecule has 3 aromatic carbocycles. The molecule has 3 unspecified atom stereocenters. The zero-order chi connectivity index (χ0) is 30.8. The van der Waals surface area contributed by atoms with Gasteiger partial charge in [0.15, 0.2) is 5.78 Å². The van der Waals surface area contributed by atoms with Crippen molar-refractivity contribution in [2.75, 3.05) is 37.7 Å². The van der Waals surface area contributed by atoms with Crippen LogP contribution in [-0.2, 0) is 16.4 Å². The predicted octanol–water partition coefficient (Wildman–Crippen LogP) is 4.49. The van der Waals surface area contributed by atoms with Crippen molar-refractivity contribution < 1.29 is 18.3 Å². The number of carbonyl (C=O) groups is 1. The molecule has 0 aliphatic rings. The molecule has 0 spiro atoms. The number of ketones is 1. The number of nitrogens with zero attached hydrogens (tertiary/aromatic N) is 1. The molecule has 0 aliphatic carbocycles. The van der Waals surface area contributed by atoms with E-state index >= 15 is 0 Å². The molecule has 0 saturated carbocycles. The molecule has 0 radical (unpaired) electrons. The molecule has 3 rings (SSSR count). The molecule has 5 N–H and O–H groups in total. The van der Waals surface area contributed by atoms with Crippen molar-refractivity contribution in [3.8, 4) is 0 Å². The highest BCUT2D eigenvalue weighted by atomic mass is 32.2. The van der Waals surface area contributed by atoms with E-state index in [1.165, 1.54) is 5.56 Å². The third kappa shape index (κ3) is 14.9. The lowest BCUT2D eigenvalue weighted by Gasteiger charge is -2.25. The monoisotopic (exact) mass is 584 g/mol. The Morgan fingerprint density at radius 1 is 0.927 bits per heavy atom. The third-order valence-electron chi connectivity index (χ3n) is 6.17. The molecule has 226 valence electrons. The van der Waals surface area contributed by atoms with Gasteiger partial charge in [0.25, 0.3) is 0 Å². The number of hydrogen-bond acceptors (Lipinski definition) is 7. The van der Waals surface area contributed by atoms with Gasteiger partial charge in [0.2, 0.25) is 10.0 Å². The van der Waals surface area contributed by atoms with Gasteiger partial charge in [-0.15, -0.1) is 0 Å². The predicted molar refractivity (Wildman–Crippen MR) is 171 cm³/mol. The SMILES string of the molecule is CC(N)Cc1ccccc1.CCN(CC)C(C)C(=O)c1ccccc1.CNCC(O)c1cccc(NS(C)(=O)=O)c1. The van der Waals surface area contributed by atoms with E-state index in [0.717, 1.165) is 31.3 Å². The number of aliphatic hydroxyl groups is 1. The summed E-state index contributed by atoms with van der Waals surface area (Å²) in [6.07, 6.45) is 1.41. The summed E-state index contributed by atoms with van der Waals surface area (Å²) >= 11 is 0. The van der Waals surface area contributed by atoms with Crippen LogP contribution in [0.4, 0.5) is 5.69 Å². The highest BCUT2D eigenvalue weighted by Crippen LogP contribution is 2.17. The van der Waals surface area contributed by atoms with E-state index in [-0.39, 0.29) is 17.9 Å². The Hall–Kier alpha value is -3.08. The number of nitrogens with two attached hydrogens (primary N) is 1. The van der Waals surface area contributed by atoms with Crippen LogP contribution in [0.5, 0.6) is 0 Å². The summed E-state index contributed by atoms with van der Waals surface area (Å²) in [6.45, 7) is 10.4. The molecule has 0 amide bonds. The van der Waals surface area contributed by atoms with Crippen LogP contribution in [0.1, 0.15) is 55.3 Å². The summed E-state index contributed by atoms with van der Waals surface area (Å²) in [5.41, 5.74) is 8.87. The largest absolute Gasteiger partial charge is 0.387 e. The van der Waals surface area contributed by atoms with Crippen molar-refractivity contribution in [1.82, 2.24) is 10.2 Å². The Bertz CT molecular complexity index is 1230. The number of aliphatic hydroxyl groups excluding tert-OH is 1. The van der Waals surface area contributed by atoms with Crippen LogP contribution in [0.25, 0.3) is 0 Å². The zero-order valence-electron chi connectivity index (χ0n) is 25.2. The van der Waals surface area contributed by atoms with Crippen molar-refractivity contribution in [2.45, 2.75) is 52.3 Å². The standard InChI is InChI=1S/C13H19NO.C10H16N2O3S.C9H13N/c1-4-14(5-2)11(3)13(15)12-9-7-6-8-10-12;1-11-7-10(13)8-4-3-5-9(6-8)12-16(2,14)15;1-8(10)7-9-5-3-2-4-6-9/h6-11H,4-5H2,1-3H3;3-6,10-13H,7H2,1-2H3;2-6,8H,7,10H2,1H3. The summed E-state index contributed by atoms with van der Waals surface area (Å²) < 4.78 is 24.4. The smallest absolute Gasteiger partial charge is 0.229 e. The van der Waals surface area contributed by atoms with Crippen LogP contribution in [0.2, 0.25) is 0 Å². The lowest BCUT2D eigenvalue weighted by Crippen LogP contribution is -2.38. The molecule has 0 fully saturated rings. The average molecular weight is 585 g/mol. The number of likely N-dealkylation sites (N-methyl/N-ethyl adjacent to an activating group) is 2. The maximum Gasteiger partial charge on any atom is 0.229 e. The van der Waals surface area contributed by atoms with Gasteiger partial charge in [0.05, 0.1) is 18.4 Å². The summed E-state index contributed by atoms with van der Waals surface area (Å²) in [4.78, 5) is 14.2. The first kappa shape index (κ1) is 35.9. The summed E-state index contributed by atoms with van der Waals surface area (Å²) in [5, 5.41) is 12.5. The Labute approximate surface area is 247 Å². The first-order chi connectivity index (χ1) is 19.4. The second-order valence-corrected chi connectivity index (χ2v) is 11.6. The third-order valence-corrected chi connectivity index (χ3v) is 6.78. The molecule has 3 atom stereocenters. The molecular weight excluding hydrogens is 536 g/mol. The second kappa shape index (κ2) is 19.1. The summed E-state index contributed by atoms with van der Waals surface area (Å²) in [6, 6.07) is 26.7. The van der Waals surface area contributed by atoms with E-state index in [9.17, 15) is 18.3 Å². The molecule has 3 aromatic rings. The summed E-state index contributed by atoms with van der Waals surface area (Å²) in [7, 11) is -1.54. The van der Waals surface area contributed by atoms with Gasteiger partial charge in [-0.2, -0.15) is 0 Å². The van der Waals surface area contributed by atoms with E-state index in [0.29, 0.717) is 17.8 Å². The van der Waals surface area contributed by atoms with Crippen molar-refractivity contribution in [2.24, 2.45) is 5.73 Å².